The summed E-state index contributed by atoms with van der Waals surface area (Å²) in [6, 6.07) is 8.58. The van der Waals surface area contributed by atoms with Crippen molar-refractivity contribution in [1.29, 1.82) is 0 Å². The average molecular weight is 276 g/mol. The minimum atomic E-state index is -0.352. The van der Waals surface area contributed by atoms with Crippen molar-refractivity contribution < 1.29 is 8.81 Å². The number of furan rings is 1. The summed E-state index contributed by atoms with van der Waals surface area (Å²) in [7, 11) is 0. The van der Waals surface area contributed by atoms with Gasteiger partial charge in [-0.15, -0.1) is 0 Å². The van der Waals surface area contributed by atoms with Crippen LogP contribution in [0.25, 0.3) is 11.0 Å². The van der Waals surface area contributed by atoms with Crippen LogP contribution in [0.4, 0.5) is 4.39 Å². The zero-order chi connectivity index (χ0) is 13.2. The number of hydrogen-bond acceptors (Lipinski definition) is 4. The smallest absolute Gasteiger partial charge is 0.169 e. The molecule has 0 fully saturated rings. The Bertz CT molecular complexity index is 678. The third-order valence-electron chi connectivity index (χ3n) is 3.08. The van der Waals surface area contributed by atoms with Crippen LogP contribution in [0.2, 0.25) is 0 Å². The predicted molar refractivity (Wildman–Crippen MR) is 74.3 cm³/mol. The summed E-state index contributed by atoms with van der Waals surface area (Å²) in [5.41, 5.74) is 4.18. The lowest BCUT2D eigenvalue weighted by Crippen LogP contribution is -2.29. The van der Waals surface area contributed by atoms with E-state index in [9.17, 15) is 4.39 Å². The molecule has 3 aromatic rings. The number of benzene rings is 1. The fraction of sp³-hybridized carbons (Fsp3) is 0.143. The molecule has 0 bridgehead atoms. The van der Waals surface area contributed by atoms with E-state index in [0.29, 0.717) is 12.2 Å². The maximum absolute atomic E-state index is 13.6. The van der Waals surface area contributed by atoms with E-state index in [0.717, 1.165) is 5.39 Å². The van der Waals surface area contributed by atoms with Gasteiger partial charge in [0.2, 0.25) is 0 Å². The SMILES string of the molecule is NNC(Cc1ccsc1)c1cc2cccc(F)c2o1. The molecule has 19 heavy (non-hydrogen) atoms. The van der Waals surface area contributed by atoms with Crippen molar-refractivity contribution in [2.75, 3.05) is 0 Å². The Morgan fingerprint density at radius 2 is 2.26 bits per heavy atom. The number of para-hydroxylation sites is 1. The first-order valence-electron chi connectivity index (χ1n) is 5.93. The van der Waals surface area contributed by atoms with Crippen molar-refractivity contribution >= 4 is 22.3 Å². The number of thiophene rings is 1. The second kappa shape index (κ2) is 5.13. The fourth-order valence-electron chi connectivity index (χ4n) is 2.11. The van der Waals surface area contributed by atoms with Gasteiger partial charge >= 0.3 is 0 Å². The summed E-state index contributed by atoms with van der Waals surface area (Å²) >= 11 is 1.64. The number of hydrazine groups is 1. The maximum Gasteiger partial charge on any atom is 0.169 e. The van der Waals surface area contributed by atoms with Crippen molar-refractivity contribution in [2.24, 2.45) is 5.84 Å². The molecule has 0 spiro atoms. The van der Waals surface area contributed by atoms with Gasteiger partial charge in [-0.2, -0.15) is 11.3 Å². The summed E-state index contributed by atoms with van der Waals surface area (Å²) in [6.45, 7) is 0. The highest BCUT2D eigenvalue weighted by molar-refractivity contribution is 7.07. The van der Waals surface area contributed by atoms with Gasteiger partial charge < -0.3 is 4.42 Å². The fourth-order valence-corrected chi connectivity index (χ4v) is 2.79. The van der Waals surface area contributed by atoms with Gasteiger partial charge in [-0.25, -0.2) is 9.82 Å². The lowest BCUT2D eigenvalue weighted by Gasteiger charge is -2.11. The van der Waals surface area contributed by atoms with E-state index in [1.54, 1.807) is 17.4 Å². The zero-order valence-corrected chi connectivity index (χ0v) is 10.9. The Labute approximate surface area is 113 Å². The van der Waals surface area contributed by atoms with Crippen LogP contribution in [0.15, 0.2) is 45.5 Å². The quantitative estimate of drug-likeness (QED) is 0.567. The Balaban J connectivity index is 1.95. The molecule has 1 unspecified atom stereocenters. The number of hydrogen-bond donors (Lipinski definition) is 2. The largest absolute Gasteiger partial charge is 0.456 e. The van der Waals surface area contributed by atoms with E-state index in [1.165, 1.54) is 11.6 Å². The summed E-state index contributed by atoms with van der Waals surface area (Å²) in [6.07, 6.45) is 0.710. The minimum absolute atomic E-state index is 0.165. The lowest BCUT2D eigenvalue weighted by atomic mass is 10.1. The van der Waals surface area contributed by atoms with Crippen LogP contribution in [0.1, 0.15) is 17.4 Å². The van der Waals surface area contributed by atoms with Crippen molar-refractivity contribution in [3.63, 3.8) is 0 Å². The summed E-state index contributed by atoms with van der Waals surface area (Å²) in [4.78, 5) is 0. The molecule has 2 aromatic heterocycles. The predicted octanol–water partition coefficient (Wildman–Crippen LogP) is 3.38. The standard InChI is InChI=1S/C14H13FN2OS/c15-11-3-1-2-10-7-13(18-14(10)11)12(17-16)6-9-4-5-19-8-9/h1-5,7-8,12,17H,6,16H2. The first-order chi connectivity index (χ1) is 9.28. The first-order valence-corrected chi connectivity index (χ1v) is 6.87. The molecule has 0 aliphatic heterocycles. The summed E-state index contributed by atoms with van der Waals surface area (Å²) in [5, 5.41) is 4.83. The third kappa shape index (κ3) is 2.40. The van der Waals surface area contributed by atoms with Gasteiger partial charge in [-0.1, -0.05) is 12.1 Å². The highest BCUT2D eigenvalue weighted by atomic mass is 32.1. The van der Waals surface area contributed by atoms with Crippen LogP contribution in [-0.4, -0.2) is 0 Å². The van der Waals surface area contributed by atoms with Crippen molar-refractivity contribution in [2.45, 2.75) is 12.5 Å². The van der Waals surface area contributed by atoms with Gasteiger partial charge in [0.1, 0.15) is 5.76 Å². The van der Waals surface area contributed by atoms with Crippen LogP contribution in [-0.2, 0) is 6.42 Å². The zero-order valence-electron chi connectivity index (χ0n) is 10.1. The molecule has 0 aliphatic rings. The molecule has 3 N–H and O–H groups in total. The Kier molecular flexibility index (Phi) is 3.33. The molecule has 5 heteroatoms. The molecular formula is C14H13FN2OS. The van der Waals surface area contributed by atoms with E-state index in [2.05, 4.69) is 10.8 Å². The van der Waals surface area contributed by atoms with Gasteiger partial charge in [-0.3, -0.25) is 5.84 Å². The van der Waals surface area contributed by atoms with Gasteiger partial charge in [0, 0.05) is 5.39 Å². The molecule has 0 saturated heterocycles. The molecule has 1 atom stereocenters. The second-order valence-corrected chi connectivity index (χ2v) is 5.14. The van der Waals surface area contributed by atoms with Gasteiger partial charge in [-0.05, 0) is 40.9 Å². The Hall–Kier alpha value is -1.69. The monoisotopic (exact) mass is 276 g/mol. The van der Waals surface area contributed by atoms with E-state index in [-0.39, 0.29) is 17.4 Å². The van der Waals surface area contributed by atoms with Crippen LogP contribution >= 0.6 is 11.3 Å². The molecule has 0 amide bonds. The number of halogens is 1. The number of fused-ring (bicyclic) bond motifs is 1. The van der Waals surface area contributed by atoms with E-state index < -0.39 is 0 Å². The molecule has 3 nitrogen and oxygen atoms in total. The highest BCUT2D eigenvalue weighted by Crippen LogP contribution is 2.27. The Morgan fingerprint density at radius 3 is 2.95 bits per heavy atom. The summed E-state index contributed by atoms with van der Waals surface area (Å²) in [5.74, 6) is 5.88. The molecule has 3 rings (SSSR count). The van der Waals surface area contributed by atoms with Crippen LogP contribution in [0, 0.1) is 5.82 Å². The van der Waals surface area contributed by atoms with Gasteiger partial charge in [0.05, 0.1) is 6.04 Å². The van der Waals surface area contributed by atoms with Crippen molar-refractivity contribution in [3.8, 4) is 0 Å². The topological polar surface area (TPSA) is 51.2 Å². The normalized spacial score (nSPS) is 12.9. The molecular weight excluding hydrogens is 263 g/mol. The van der Waals surface area contributed by atoms with Crippen molar-refractivity contribution in [1.82, 2.24) is 5.43 Å². The van der Waals surface area contributed by atoms with Gasteiger partial charge in [0.15, 0.2) is 11.4 Å². The third-order valence-corrected chi connectivity index (χ3v) is 3.81. The van der Waals surface area contributed by atoms with E-state index >= 15 is 0 Å². The van der Waals surface area contributed by atoms with E-state index in [4.69, 9.17) is 10.3 Å². The number of rotatable bonds is 4. The second-order valence-electron chi connectivity index (χ2n) is 4.36. The lowest BCUT2D eigenvalue weighted by molar-refractivity contribution is 0.427. The molecule has 0 radical (unpaired) electrons. The number of nitrogens with two attached hydrogens (primary N) is 1. The maximum atomic E-state index is 13.6. The van der Waals surface area contributed by atoms with Crippen LogP contribution in [0.3, 0.4) is 0 Å². The molecule has 0 aliphatic carbocycles. The van der Waals surface area contributed by atoms with E-state index in [1.807, 2.05) is 23.6 Å². The minimum Gasteiger partial charge on any atom is -0.456 e. The molecule has 0 saturated carbocycles. The molecule has 2 heterocycles. The molecule has 1 aromatic carbocycles. The van der Waals surface area contributed by atoms with Crippen molar-refractivity contribution in [3.05, 3.63) is 58.2 Å². The number of nitrogens with one attached hydrogen (secondary N) is 1. The highest BCUT2D eigenvalue weighted by Gasteiger charge is 2.17. The first kappa shape index (κ1) is 12.3. The average Bonchev–Trinajstić information content (AvgIpc) is 3.05. The van der Waals surface area contributed by atoms with Crippen LogP contribution in [0.5, 0.6) is 0 Å². The molecule has 98 valence electrons. The summed E-state index contributed by atoms with van der Waals surface area (Å²) < 4.78 is 19.2. The van der Waals surface area contributed by atoms with Gasteiger partial charge in [0.25, 0.3) is 0 Å². The van der Waals surface area contributed by atoms with Crippen LogP contribution < -0.4 is 11.3 Å². The Morgan fingerprint density at radius 1 is 1.37 bits per heavy atom.